The first-order chi connectivity index (χ1) is 68.2. The third kappa shape index (κ3) is 23.6. The number of anilines is 2. The number of nitrogens with two attached hydrogens (primary N) is 1. The molecule has 146 heavy (non-hydrogen) atoms. The lowest BCUT2D eigenvalue weighted by Gasteiger charge is -2.30. The Hall–Kier alpha value is -9.10. The number of nitrogens with one attached hydrogen (secondary N) is 1. The molecular formula is C71H93ClN23O44P6S+. The van der Waals surface area contributed by atoms with E-state index in [1.807, 2.05) is 6.92 Å². The number of hydrazone groups is 1. The molecule has 0 radical (unpaired) electrons. The predicted octanol–water partition coefficient (Wildman–Crippen LogP) is -8.69. The van der Waals surface area contributed by atoms with Crippen LogP contribution in [-0.4, -0.2) is 358 Å². The molecule has 0 spiro atoms. The quantitative estimate of drug-likeness (QED) is 0.0130. The number of phosphoric ester groups is 6. The number of aliphatic hydroxyl groups excluding tert-OH is 12. The fourth-order valence-electron chi connectivity index (χ4n) is 16.8. The molecule has 6 fully saturated rings. The zero-order valence-corrected chi connectivity index (χ0v) is 82.3. The van der Waals surface area contributed by atoms with Crippen molar-refractivity contribution < 1.29 is 222 Å². The first-order valence-electron chi connectivity index (χ1n) is 42.2. The standard InChI is InChI=1S/C14H18N5O7P.2C12H16N3O8P.C12H16N3O7PS.C11H14ClN4O7P.C10H12N5O7P/c1-7-16-17(2)8-3-4-15-13-10(8)18(7)6-19(13)14-12(21)11(20)9(26-14)5-25-27(22,23)24;1-14-5-15(11-8(14)6(16)2-3-13-11)12-10(18)9(17)7(23-12)4-22-24(19,20)21;1-5-13-10-6(11(18)14-5)2-3-15(10)12-9(17)8(16)7(23-12)4-22-24(19,20)21;1-14-5-15(11-8(14)7(24)2-3-13-11)12-10(17)9(16)6(22-12)4-21-23(18,19)20;1-4-14-9(12)6-10(15-4)16(3-13-6)11-8(18)7(17)5(23-11)2-22-24(19,20)21;11-7-2-8(13-1-12-7)15-9(14-2)6(22-23(18,19)20)5-3(16)4(17)10(15)21-5/h3-4,6,9,11-12,14,20-21H,5H2,1-2H3,(H-,22,23,24);2-3,5,7,9-10,12,17-18H,4H2,1H3,(H2-,13,16,19,20,21);2-3,7-9,12,16-17H,4H2,1H3,(H,13,14,18)(H2,19,20,21);2-3,5-6,9-10,12,16-17H,4H2,1H3,(H2-,13,18,19,20,24);3,5,7-8,11,17-18H,2H2,1H3,(H2,19,20,21);1,3-6,10,16-17H,(H2,11,12,13)(H2,18,19,20)/p+1/t9?,11-,12-,14-;7?,9-,10-,12-;7?,8-,9-,12-;6?,9-,10-,12-;5?,7-,8-,11-;3-,4+,5?,6+,10+/m111110/s1. The highest BCUT2D eigenvalue weighted by Crippen LogP contribution is 2.53. The zero-order valence-electron chi connectivity index (χ0n) is 75.3. The number of aromatic nitrogens is 20. The van der Waals surface area contributed by atoms with Gasteiger partial charge in [0.15, 0.2) is 88.4 Å². The summed E-state index contributed by atoms with van der Waals surface area (Å²) >= 11 is 11.2. The Morgan fingerprint density at radius 2 is 0.925 bits per heavy atom. The highest BCUT2D eigenvalue weighted by Gasteiger charge is 2.58. The van der Waals surface area contributed by atoms with E-state index in [2.05, 4.69) is 82.5 Å². The number of fused-ring (bicyclic) bond motifs is 10. The number of aliphatic hydroxyl groups is 12. The van der Waals surface area contributed by atoms with Crippen LogP contribution in [0, 0.1) is 13.8 Å². The number of ether oxygens (including phenoxy) is 6. The lowest BCUT2D eigenvalue weighted by atomic mass is 10.1. The van der Waals surface area contributed by atoms with E-state index >= 15 is 0 Å². The van der Waals surface area contributed by atoms with Crippen molar-refractivity contribution in [3.05, 3.63) is 114 Å². The molecule has 6 saturated heterocycles. The van der Waals surface area contributed by atoms with Gasteiger partial charge in [-0.05, 0) is 32.0 Å². The van der Waals surface area contributed by atoms with Crippen LogP contribution in [0.5, 0.6) is 5.75 Å². The lowest BCUT2D eigenvalue weighted by Crippen LogP contribution is -2.46. The van der Waals surface area contributed by atoms with Crippen molar-refractivity contribution >= 4 is 155 Å². The van der Waals surface area contributed by atoms with Gasteiger partial charge in [0.25, 0.3) is 5.56 Å². The molecule has 12 aromatic heterocycles. The fraction of sp³-hybridized carbons (Fsp3) is 0.507. The highest BCUT2D eigenvalue weighted by atomic mass is 35.5. The van der Waals surface area contributed by atoms with Crippen LogP contribution in [0.1, 0.15) is 67.9 Å². The van der Waals surface area contributed by atoms with E-state index in [4.69, 9.17) is 122 Å². The summed E-state index contributed by atoms with van der Waals surface area (Å²) in [5.41, 5.74) is 10.3. The van der Waals surface area contributed by atoms with E-state index in [9.17, 15) is 98.6 Å². The molecule has 20 rings (SSSR count). The Balaban J connectivity index is 0.000000132. The molecule has 0 aromatic carbocycles. The summed E-state index contributed by atoms with van der Waals surface area (Å²) in [4.78, 5) is 162. The highest BCUT2D eigenvalue weighted by molar-refractivity contribution is 7.59. The monoisotopic (exact) mass is 2220 g/mol. The Kier molecular flexibility index (Phi) is 32.7. The molecule has 75 heteroatoms. The number of rotatable bonds is 22. The minimum Gasteiger partial charge on any atom is -0.870 e. The maximum atomic E-state index is 11.9. The number of imidazole rings is 5. The largest absolute Gasteiger partial charge is 0.870 e. The van der Waals surface area contributed by atoms with E-state index in [0.717, 1.165) is 11.2 Å². The fourth-order valence-corrected chi connectivity index (χ4v) is 19.5. The number of hydrogen-bond donors (Lipinski definition) is 26. The molecule has 2 bridgehead atoms. The summed E-state index contributed by atoms with van der Waals surface area (Å²) < 4.78 is 138. The number of pyridine rings is 3. The smallest absolute Gasteiger partial charge is 0.470 e. The van der Waals surface area contributed by atoms with E-state index in [0.29, 0.717) is 50.4 Å². The molecule has 8 aliphatic rings. The molecule has 0 amide bonds. The Morgan fingerprint density at radius 1 is 0.479 bits per heavy atom. The maximum Gasteiger partial charge on any atom is 0.470 e. The van der Waals surface area contributed by atoms with Gasteiger partial charge >= 0.3 is 63.9 Å². The van der Waals surface area contributed by atoms with Gasteiger partial charge in [-0.15, -0.1) is 24.9 Å². The van der Waals surface area contributed by atoms with Crippen LogP contribution >= 0.6 is 58.5 Å². The van der Waals surface area contributed by atoms with E-state index in [1.165, 1.54) is 77.1 Å². The zero-order chi connectivity index (χ0) is 107. The predicted molar refractivity (Wildman–Crippen MR) is 475 cm³/mol. The van der Waals surface area contributed by atoms with Crippen molar-refractivity contribution in [1.82, 2.24) is 82.2 Å². The molecule has 798 valence electrons. The Bertz CT molecular complexity index is 7130. The molecule has 0 saturated carbocycles. The van der Waals surface area contributed by atoms with Crippen molar-refractivity contribution in [3.63, 3.8) is 0 Å². The molecule has 20 heterocycles. The Labute approximate surface area is 824 Å². The van der Waals surface area contributed by atoms with Crippen molar-refractivity contribution in [2.45, 2.75) is 179 Å². The summed E-state index contributed by atoms with van der Waals surface area (Å²) in [5, 5.41) is 140. The summed E-state index contributed by atoms with van der Waals surface area (Å²) in [6, 6.07) is 6.25. The van der Waals surface area contributed by atoms with Gasteiger partial charge in [0.1, 0.15) is 169 Å². The number of aromatic amines is 1. The number of nitrogens with zero attached hydrogens (tertiary/aromatic N) is 21. The molecule has 25 atom stereocenters. The SMILES string of the molecule is CC1=NN(C)c2ccnc3c2n1c[n+]3[C@@H]1OC(COP(=O)(O)O)[C@@H](O)[C@H]1O.Cc1nc(Cl)c2ncn([C@@H]3OC(COP(=O)(O)O)[C@@H](O)[C@H]3O)c2n1.Cc1nc2c(ccn2[C@@H]2OC(COP(=O)(O)O)[C@@H](O)[C@H]2O)c(=O)[nH]1.Cn1c[n+]([C@@H]2OC(COP(=O)(O)O)[C@@H](O)[C@H]2O)c2nccc([O-])c21.Cn1c[n+]([C@@H]2OC(COP(=O)(O)O)[C@@H](O)[C@H]2O)c2nccc([S-])c21.Nc1ncnc2c1nc1n2[C@@H]2OC([C@@H](O)[C@H]2O)[C@H]1OP(=O)(O)O. The molecule has 12 aromatic rings. The maximum absolute atomic E-state index is 11.9. The number of halogens is 1. The van der Waals surface area contributed by atoms with Crippen molar-refractivity contribution in [1.29, 1.82) is 0 Å². The van der Waals surface area contributed by atoms with Gasteiger partial charge in [0, 0.05) is 26.2 Å². The van der Waals surface area contributed by atoms with Gasteiger partial charge in [-0.25, -0.2) is 80.5 Å². The van der Waals surface area contributed by atoms with Crippen LogP contribution in [-0.2, 0) is 110 Å². The van der Waals surface area contributed by atoms with Gasteiger partial charge in [-0.2, -0.15) is 0 Å². The second-order valence-corrected chi connectivity index (χ2v) is 41.4. The number of hydrogen-bond acceptors (Lipinski definition) is 46. The van der Waals surface area contributed by atoms with E-state index in [1.54, 1.807) is 84.7 Å². The van der Waals surface area contributed by atoms with Gasteiger partial charge in [-0.1, -0.05) is 17.4 Å². The summed E-state index contributed by atoms with van der Waals surface area (Å²) in [7, 11) is -23.4. The number of H-pyrrole nitrogens is 1. The van der Waals surface area contributed by atoms with Crippen LogP contribution in [0.25, 0.3) is 66.9 Å². The van der Waals surface area contributed by atoms with Crippen LogP contribution in [0.15, 0.2) is 95.5 Å². The first-order valence-corrected chi connectivity index (χ1v) is 52.1. The molecular weight excluding hydrogens is 2130 g/mol. The van der Waals surface area contributed by atoms with Crippen LogP contribution in [0.3, 0.4) is 0 Å². The lowest BCUT2D eigenvalue weighted by molar-refractivity contribution is -0.746. The van der Waals surface area contributed by atoms with Crippen LogP contribution in [0.4, 0.5) is 11.5 Å². The minimum absolute atomic E-state index is 0.0346. The van der Waals surface area contributed by atoms with Crippen LogP contribution in [0.2, 0.25) is 5.15 Å². The second kappa shape index (κ2) is 43.0. The van der Waals surface area contributed by atoms with Gasteiger partial charge in [0.2, 0.25) is 24.2 Å². The van der Waals surface area contributed by atoms with Crippen molar-refractivity contribution in [3.8, 4) is 5.75 Å². The summed E-state index contributed by atoms with van der Waals surface area (Å²) in [5.74, 6) is 1.24. The first kappa shape index (κ1) is 111. The number of aryl methyl sites for hydroxylation is 4. The minimum atomic E-state index is -4.92. The number of phosphoric acid groups is 6. The number of nitrogen functional groups attached to an aromatic ring is 1. The normalized spacial score (nSPS) is 28.7. The summed E-state index contributed by atoms with van der Waals surface area (Å²) in [6.07, 6.45) is -18.1. The van der Waals surface area contributed by atoms with E-state index in [-0.39, 0.29) is 61.5 Å². The Morgan fingerprint density at radius 3 is 1.42 bits per heavy atom. The van der Waals surface area contributed by atoms with Crippen molar-refractivity contribution in [2.24, 2.45) is 19.2 Å². The third-order valence-electron chi connectivity index (χ3n) is 23.3. The third-order valence-corrected chi connectivity index (χ3v) is 26.8. The molecule has 67 nitrogen and oxygen atoms in total. The summed E-state index contributed by atoms with van der Waals surface area (Å²) in [6.45, 7) is 2.09. The molecule has 6 unspecified atom stereocenters. The average Bonchev–Trinajstić information content (AvgIpc) is 1.57. The molecule has 0 aliphatic carbocycles. The van der Waals surface area contributed by atoms with Gasteiger partial charge < -0.3 is 181 Å². The van der Waals surface area contributed by atoms with E-state index < -0.39 is 233 Å². The van der Waals surface area contributed by atoms with Gasteiger partial charge in [0.05, 0.1) is 58.8 Å². The topological polar surface area (TPSA) is 966 Å². The molecule has 27 N–H and O–H groups in total. The average molecular weight is 2230 g/mol. The van der Waals surface area contributed by atoms with Crippen LogP contribution < -0.4 is 35.1 Å². The second-order valence-electron chi connectivity index (χ2n) is 33.2. The van der Waals surface area contributed by atoms with Gasteiger partial charge in [-0.3, -0.25) is 55.2 Å². The molecule has 8 aliphatic heterocycles. The van der Waals surface area contributed by atoms with Crippen molar-refractivity contribution in [2.75, 3.05) is 50.8 Å².